The van der Waals surface area contributed by atoms with Gasteiger partial charge < -0.3 is 25.7 Å². The number of rotatable bonds is 9. The second kappa shape index (κ2) is 11.4. The molecule has 4 N–H and O–H groups in total. The first kappa shape index (κ1) is 27.9. The first-order valence-electron chi connectivity index (χ1n) is 12.4. The predicted octanol–water partition coefficient (Wildman–Crippen LogP) is 5.26. The van der Waals surface area contributed by atoms with Crippen molar-refractivity contribution in [3.63, 3.8) is 0 Å². The number of nitrogens with one attached hydrogen (secondary N) is 4. The normalized spacial score (nSPS) is 11.2. The predicted molar refractivity (Wildman–Crippen MR) is 149 cm³/mol. The van der Waals surface area contributed by atoms with Crippen molar-refractivity contribution >= 4 is 40.2 Å². The molecule has 14 heteroatoms. The summed E-state index contributed by atoms with van der Waals surface area (Å²) in [5, 5.41) is 11.6. The summed E-state index contributed by atoms with van der Waals surface area (Å²) in [4.78, 5) is 35.7. The van der Waals surface area contributed by atoms with Crippen molar-refractivity contribution in [3.8, 4) is 11.5 Å². The number of ether oxygens (including phenoxy) is 1. The molecule has 0 atom stereocenters. The van der Waals surface area contributed by atoms with E-state index in [1.165, 1.54) is 36.3 Å². The Morgan fingerprint density at radius 1 is 1.07 bits per heavy atom. The molecule has 2 aromatic carbocycles. The van der Waals surface area contributed by atoms with Crippen LogP contribution in [-0.4, -0.2) is 43.6 Å². The summed E-state index contributed by atoms with van der Waals surface area (Å²) in [5.74, 6) is -0.134. The number of carbonyl (C=O) groups excluding carboxylic acids is 2. The lowest BCUT2D eigenvalue weighted by Crippen LogP contribution is -2.20. The Labute approximate surface area is 236 Å². The topological polar surface area (TPSA) is 139 Å². The molecule has 0 bridgehead atoms. The first-order valence-corrected chi connectivity index (χ1v) is 12.4. The van der Waals surface area contributed by atoms with Gasteiger partial charge in [-0.15, -0.1) is 0 Å². The molecular formula is C28H23F3N8O3. The van der Waals surface area contributed by atoms with Crippen LogP contribution in [0.15, 0.2) is 85.3 Å². The average molecular weight is 577 g/mol. The van der Waals surface area contributed by atoms with Gasteiger partial charge in [-0.1, -0.05) is 6.58 Å². The van der Waals surface area contributed by atoms with E-state index in [4.69, 9.17) is 4.74 Å². The summed E-state index contributed by atoms with van der Waals surface area (Å²) in [6.45, 7) is 3.67. The van der Waals surface area contributed by atoms with Crippen LogP contribution in [0.25, 0.3) is 11.0 Å². The Kier molecular flexibility index (Phi) is 7.60. The smallest absolute Gasteiger partial charge is 0.418 e. The Bertz CT molecular complexity index is 1780. The van der Waals surface area contributed by atoms with Gasteiger partial charge in [-0.05, 0) is 42.5 Å². The van der Waals surface area contributed by atoms with E-state index in [1.54, 1.807) is 36.5 Å². The SMILES string of the molecule is C=C(Cn1cccn1)C(=O)Nc1ccc(Nc2nc3cc(Oc4ccnc(C(=O)NC)c4)ccc3[nH]2)cc1C(F)(F)F. The molecule has 0 aliphatic heterocycles. The molecule has 0 aliphatic rings. The van der Waals surface area contributed by atoms with Gasteiger partial charge in [0.1, 0.15) is 17.2 Å². The van der Waals surface area contributed by atoms with Crippen molar-refractivity contribution in [1.82, 2.24) is 30.0 Å². The summed E-state index contributed by atoms with van der Waals surface area (Å²) in [6.07, 6.45) is -0.190. The molecule has 42 heavy (non-hydrogen) atoms. The van der Waals surface area contributed by atoms with Crippen molar-refractivity contribution in [3.05, 3.63) is 96.6 Å². The Morgan fingerprint density at radius 3 is 2.62 bits per heavy atom. The Hall–Kier alpha value is -5.66. The van der Waals surface area contributed by atoms with Gasteiger partial charge in [-0.2, -0.15) is 18.3 Å². The largest absolute Gasteiger partial charge is 0.457 e. The van der Waals surface area contributed by atoms with Crippen LogP contribution >= 0.6 is 0 Å². The fourth-order valence-electron chi connectivity index (χ4n) is 3.95. The molecule has 214 valence electrons. The summed E-state index contributed by atoms with van der Waals surface area (Å²) in [6, 6.07) is 13.1. The Balaban J connectivity index is 1.32. The zero-order chi connectivity index (χ0) is 29.9. The fourth-order valence-corrected chi connectivity index (χ4v) is 3.95. The van der Waals surface area contributed by atoms with E-state index in [2.05, 4.69) is 42.6 Å². The van der Waals surface area contributed by atoms with Crippen molar-refractivity contribution in [2.45, 2.75) is 12.7 Å². The highest BCUT2D eigenvalue weighted by Gasteiger charge is 2.34. The van der Waals surface area contributed by atoms with E-state index in [0.717, 1.165) is 12.1 Å². The number of carbonyl (C=O) groups is 2. The van der Waals surface area contributed by atoms with Gasteiger partial charge in [0.05, 0.1) is 28.8 Å². The number of alkyl halides is 3. The van der Waals surface area contributed by atoms with Crippen molar-refractivity contribution in [2.75, 3.05) is 17.7 Å². The lowest BCUT2D eigenvalue weighted by atomic mass is 10.1. The number of halogens is 3. The van der Waals surface area contributed by atoms with E-state index in [-0.39, 0.29) is 35.4 Å². The molecule has 5 aromatic rings. The van der Waals surface area contributed by atoms with E-state index in [0.29, 0.717) is 22.5 Å². The molecule has 3 heterocycles. The molecule has 0 fully saturated rings. The molecule has 11 nitrogen and oxygen atoms in total. The standard InChI is InChI=1S/C28H23F3N8O3/c1-16(15-39-11-3-9-34-39)25(40)36-21-6-4-17(12-20(21)28(29,30)31)35-27-37-22-7-5-18(13-23(22)38-27)42-19-8-10-33-24(14-19)26(41)32-2/h3-14H,1,15H2,2H3,(H,32,41)(H,36,40)(H2,35,37,38). The zero-order valence-corrected chi connectivity index (χ0v) is 22.0. The van der Waals surface area contributed by atoms with Crippen LogP contribution in [0, 0.1) is 0 Å². The van der Waals surface area contributed by atoms with Crippen LogP contribution in [0.3, 0.4) is 0 Å². The number of imidazole rings is 1. The van der Waals surface area contributed by atoms with Crippen molar-refractivity contribution < 1.29 is 27.5 Å². The van der Waals surface area contributed by atoms with Crippen molar-refractivity contribution in [2.24, 2.45) is 0 Å². The van der Waals surface area contributed by atoms with Gasteiger partial charge in [0.25, 0.3) is 11.8 Å². The van der Waals surface area contributed by atoms with Gasteiger partial charge >= 0.3 is 6.18 Å². The summed E-state index contributed by atoms with van der Waals surface area (Å²) < 4.78 is 49.0. The van der Waals surface area contributed by atoms with Gasteiger partial charge in [-0.3, -0.25) is 19.3 Å². The first-order chi connectivity index (χ1) is 20.1. The number of benzene rings is 2. The highest BCUT2D eigenvalue weighted by molar-refractivity contribution is 6.03. The number of pyridine rings is 1. The molecular weight excluding hydrogens is 553 g/mol. The summed E-state index contributed by atoms with van der Waals surface area (Å²) >= 11 is 0. The van der Waals surface area contributed by atoms with Crippen LogP contribution in [0.1, 0.15) is 16.1 Å². The lowest BCUT2D eigenvalue weighted by Gasteiger charge is -2.16. The lowest BCUT2D eigenvalue weighted by molar-refractivity contribution is -0.136. The molecule has 0 unspecified atom stereocenters. The maximum absolute atomic E-state index is 13.9. The number of nitrogens with zero attached hydrogens (tertiary/aromatic N) is 4. The van der Waals surface area contributed by atoms with Gasteiger partial charge in [0.15, 0.2) is 0 Å². The molecule has 0 aliphatic carbocycles. The number of anilines is 3. The number of fused-ring (bicyclic) bond motifs is 1. The molecule has 0 spiro atoms. The van der Waals surface area contributed by atoms with Crippen LogP contribution in [0.2, 0.25) is 0 Å². The number of hydrogen-bond acceptors (Lipinski definition) is 7. The summed E-state index contributed by atoms with van der Waals surface area (Å²) in [7, 11) is 1.49. The fraction of sp³-hybridized carbons (Fsp3) is 0.107. The second-order valence-electron chi connectivity index (χ2n) is 8.97. The quantitative estimate of drug-likeness (QED) is 0.176. The molecule has 0 saturated carbocycles. The second-order valence-corrected chi connectivity index (χ2v) is 8.97. The maximum Gasteiger partial charge on any atom is 0.418 e. The number of H-pyrrole nitrogens is 1. The van der Waals surface area contributed by atoms with Crippen LogP contribution < -0.4 is 20.7 Å². The number of aromatic nitrogens is 5. The number of aromatic amines is 1. The van der Waals surface area contributed by atoms with Gasteiger partial charge in [-0.25, -0.2) is 4.98 Å². The minimum Gasteiger partial charge on any atom is -0.457 e. The molecule has 0 radical (unpaired) electrons. The third-order valence-corrected chi connectivity index (χ3v) is 5.95. The molecule has 0 saturated heterocycles. The van der Waals surface area contributed by atoms with Crippen molar-refractivity contribution in [1.29, 1.82) is 0 Å². The molecule has 2 amide bonds. The highest BCUT2D eigenvalue weighted by atomic mass is 19.4. The van der Waals surface area contributed by atoms with Crippen LogP contribution in [0.4, 0.5) is 30.5 Å². The molecule has 5 rings (SSSR count). The minimum atomic E-state index is -4.76. The van der Waals surface area contributed by atoms with Crippen LogP contribution in [-0.2, 0) is 17.5 Å². The van der Waals surface area contributed by atoms with E-state index >= 15 is 0 Å². The Morgan fingerprint density at radius 2 is 1.88 bits per heavy atom. The van der Waals surface area contributed by atoms with E-state index in [9.17, 15) is 22.8 Å². The van der Waals surface area contributed by atoms with E-state index in [1.807, 2.05) is 0 Å². The number of amides is 2. The number of hydrogen-bond donors (Lipinski definition) is 4. The van der Waals surface area contributed by atoms with Gasteiger partial charge in [0, 0.05) is 49.0 Å². The monoisotopic (exact) mass is 576 g/mol. The zero-order valence-electron chi connectivity index (χ0n) is 22.0. The van der Waals surface area contributed by atoms with Gasteiger partial charge in [0.2, 0.25) is 5.95 Å². The highest BCUT2D eigenvalue weighted by Crippen LogP contribution is 2.37. The third-order valence-electron chi connectivity index (χ3n) is 5.95. The van der Waals surface area contributed by atoms with E-state index < -0.39 is 23.3 Å². The maximum atomic E-state index is 13.9. The minimum absolute atomic E-state index is 0.0260. The third kappa shape index (κ3) is 6.38. The average Bonchev–Trinajstić information content (AvgIpc) is 3.62. The molecule has 3 aromatic heterocycles. The van der Waals surface area contributed by atoms with Crippen LogP contribution in [0.5, 0.6) is 11.5 Å². The summed E-state index contributed by atoms with van der Waals surface area (Å²) in [5.41, 5.74) is -0.0762.